The summed E-state index contributed by atoms with van der Waals surface area (Å²) in [6.07, 6.45) is 0. The fourth-order valence-electron chi connectivity index (χ4n) is 1.69. The van der Waals surface area contributed by atoms with Gasteiger partial charge in [-0.15, -0.1) is 12.4 Å². The monoisotopic (exact) mass is 246 g/mol. The minimum atomic E-state index is 0. The summed E-state index contributed by atoms with van der Waals surface area (Å²) in [5.74, 6) is 0.167. The van der Waals surface area contributed by atoms with Crippen molar-refractivity contribution in [2.24, 2.45) is 0 Å². The van der Waals surface area contributed by atoms with Gasteiger partial charge in [0.15, 0.2) is 0 Å². The largest absolute Gasteiger partial charge is 0.333 e. The van der Waals surface area contributed by atoms with E-state index < -0.39 is 0 Å². The van der Waals surface area contributed by atoms with Crippen molar-refractivity contribution in [1.29, 1.82) is 0 Å². The van der Waals surface area contributed by atoms with Crippen LogP contribution in [0.3, 0.4) is 0 Å². The van der Waals surface area contributed by atoms with Crippen LogP contribution in [0.4, 0.5) is 0 Å². The molecule has 0 saturated carbocycles. The summed E-state index contributed by atoms with van der Waals surface area (Å²) in [5.41, 5.74) is 0.823. The molecule has 1 fully saturated rings. The third kappa shape index (κ3) is 2.71. The quantitative estimate of drug-likeness (QED) is 0.817. The Balaban J connectivity index is 0.00000112. The number of thiophene rings is 1. The van der Waals surface area contributed by atoms with Gasteiger partial charge in [0, 0.05) is 31.1 Å². The zero-order chi connectivity index (χ0) is 9.97. The molecular formula is C10H15ClN2OS. The molecule has 2 rings (SSSR count). The molecular weight excluding hydrogens is 232 g/mol. The normalized spacial score (nSPS) is 20.9. The third-order valence-electron chi connectivity index (χ3n) is 2.53. The Bertz CT molecular complexity index is 315. The second-order valence-electron chi connectivity index (χ2n) is 3.56. The lowest BCUT2D eigenvalue weighted by molar-refractivity contribution is 0.0656. The average molecular weight is 247 g/mol. The third-order valence-corrected chi connectivity index (χ3v) is 3.21. The molecule has 0 aliphatic carbocycles. The number of carbonyl (C=O) groups is 1. The number of carbonyl (C=O) groups excluding carboxylic acids is 1. The fraction of sp³-hybridized carbons (Fsp3) is 0.500. The molecule has 15 heavy (non-hydrogen) atoms. The van der Waals surface area contributed by atoms with E-state index in [0.29, 0.717) is 6.04 Å². The summed E-state index contributed by atoms with van der Waals surface area (Å²) in [4.78, 5) is 13.9. The molecule has 1 aliphatic heterocycles. The SMILES string of the molecule is CC1CNCCN1C(=O)c1ccsc1.Cl. The summed E-state index contributed by atoms with van der Waals surface area (Å²) in [6.45, 7) is 4.70. The van der Waals surface area contributed by atoms with Crippen LogP contribution in [0, 0.1) is 0 Å². The molecule has 0 aromatic carbocycles. The van der Waals surface area contributed by atoms with Crippen molar-refractivity contribution in [3.8, 4) is 0 Å². The molecule has 1 amide bonds. The van der Waals surface area contributed by atoms with Gasteiger partial charge < -0.3 is 10.2 Å². The molecule has 1 unspecified atom stereocenters. The molecule has 1 saturated heterocycles. The Kier molecular flexibility index (Phi) is 4.57. The van der Waals surface area contributed by atoms with Gasteiger partial charge in [0.1, 0.15) is 0 Å². The highest BCUT2D eigenvalue weighted by Gasteiger charge is 2.23. The van der Waals surface area contributed by atoms with Crippen LogP contribution in [0.1, 0.15) is 17.3 Å². The highest BCUT2D eigenvalue weighted by molar-refractivity contribution is 7.08. The molecule has 1 atom stereocenters. The number of rotatable bonds is 1. The first kappa shape index (κ1) is 12.5. The maximum absolute atomic E-state index is 12.0. The Morgan fingerprint density at radius 2 is 2.47 bits per heavy atom. The van der Waals surface area contributed by atoms with E-state index in [9.17, 15) is 4.79 Å². The summed E-state index contributed by atoms with van der Waals surface area (Å²) >= 11 is 1.57. The smallest absolute Gasteiger partial charge is 0.255 e. The lowest BCUT2D eigenvalue weighted by Crippen LogP contribution is -2.52. The molecule has 1 aliphatic rings. The molecule has 3 nitrogen and oxygen atoms in total. The molecule has 0 spiro atoms. The van der Waals surface area contributed by atoms with Gasteiger partial charge in [-0.05, 0) is 18.4 Å². The minimum Gasteiger partial charge on any atom is -0.333 e. The highest BCUT2D eigenvalue weighted by atomic mass is 35.5. The van der Waals surface area contributed by atoms with E-state index in [2.05, 4.69) is 12.2 Å². The van der Waals surface area contributed by atoms with E-state index >= 15 is 0 Å². The summed E-state index contributed by atoms with van der Waals surface area (Å²) < 4.78 is 0. The van der Waals surface area contributed by atoms with Gasteiger partial charge in [-0.3, -0.25) is 4.79 Å². The second kappa shape index (κ2) is 5.49. The first-order valence-electron chi connectivity index (χ1n) is 4.83. The molecule has 84 valence electrons. The number of amides is 1. The van der Waals surface area contributed by atoms with E-state index in [1.165, 1.54) is 0 Å². The van der Waals surface area contributed by atoms with E-state index in [0.717, 1.165) is 25.2 Å². The minimum absolute atomic E-state index is 0. The van der Waals surface area contributed by atoms with Gasteiger partial charge in [0.2, 0.25) is 0 Å². The average Bonchev–Trinajstić information content (AvgIpc) is 2.70. The van der Waals surface area contributed by atoms with Crippen molar-refractivity contribution in [2.75, 3.05) is 19.6 Å². The van der Waals surface area contributed by atoms with Crippen molar-refractivity contribution in [1.82, 2.24) is 10.2 Å². The molecule has 0 bridgehead atoms. The van der Waals surface area contributed by atoms with E-state index in [-0.39, 0.29) is 18.3 Å². The number of hydrogen-bond acceptors (Lipinski definition) is 3. The van der Waals surface area contributed by atoms with Crippen LogP contribution in [0.15, 0.2) is 16.8 Å². The van der Waals surface area contributed by atoms with Gasteiger partial charge in [0.25, 0.3) is 5.91 Å². The summed E-state index contributed by atoms with van der Waals surface area (Å²) in [7, 11) is 0. The van der Waals surface area contributed by atoms with Crippen molar-refractivity contribution < 1.29 is 4.79 Å². The van der Waals surface area contributed by atoms with Gasteiger partial charge >= 0.3 is 0 Å². The van der Waals surface area contributed by atoms with Gasteiger partial charge in [-0.25, -0.2) is 0 Å². The number of nitrogens with zero attached hydrogens (tertiary/aromatic N) is 1. The first-order chi connectivity index (χ1) is 6.79. The second-order valence-corrected chi connectivity index (χ2v) is 4.34. The molecule has 1 aromatic rings. The van der Waals surface area contributed by atoms with Gasteiger partial charge in [-0.1, -0.05) is 0 Å². The predicted molar refractivity (Wildman–Crippen MR) is 64.9 cm³/mol. The van der Waals surface area contributed by atoms with E-state index in [4.69, 9.17) is 0 Å². The van der Waals surface area contributed by atoms with Crippen molar-refractivity contribution in [3.63, 3.8) is 0 Å². The Hall–Kier alpha value is -0.580. The Labute approximate surface area is 99.9 Å². The zero-order valence-corrected chi connectivity index (χ0v) is 10.2. The zero-order valence-electron chi connectivity index (χ0n) is 8.60. The van der Waals surface area contributed by atoms with E-state index in [1.54, 1.807) is 11.3 Å². The highest BCUT2D eigenvalue weighted by Crippen LogP contribution is 2.12. The molecule has 2 heterocycles. The maximum Gasteiger partial charge on any atom is 0.255 e. The number of hydrogen-bond donors (Lipinski definition) is 1. The molecule has 1 N–H and O–H groups in total. The first-order valence-corrected chi connectivity index (χ1v) is 5.77. The lowest BCUT2D eigenvalue weighted by Gasteiger charge is -2.33. The van der Waals surface area contributed by atoms with Crippen LogP contribution >= 0.6 is 23.7 Å². The molecule has 5 heteroatoms. The summed E-state index contributed by atoms with van der Waals surface area (Å²) in [5, 5.41) is 7.13. The lowest BCUT2D eigenvalue weighted by atomic mass is 10.2. The maximum atomic E-state index is 12.0. The fourth-order valence-corrected chi connectivity index (χ4v) is 2.32. The van der Waals surface area contributed by atoms with Crippen molar-refractivity contribution >= 4 is 29.7 Å². The van der Waals surface area contributed by atoms with Crippen LogP contribution in [0.5, 0.6) is 0 Å². The molecule has 1 aromatic heterocycles. The topological polar surface area (TPSA) is 32.3 Å². The Morgan fingerprint density at radius 1 is 1.67 bits per heavy atom. The van der Waals surface area contributed by atoms with Crippen LogP contribution < -0.4 is 5.32 Å². The van der Waals surface area contributed by atoms with Crippen LogP contribution in [0.2, 0.25) is 0 Å². The van der Waals surface area contributed by atoms with Gasteiger partial charge in [-0.2, -0.15) is 11.3 Å². The number of piperazine rings is 1. The predicted octanol–water partition coefficient (Wildman–Crippen LogP) is 1.60. The van der Waals surface area contributed by atoms with Crippen LogP contribution in [0.25, 0.3) is 0 Å². The standard InChI is InChI=1S/C10H14N2OS.ClH/c1-8-6-11-3-4-12(8)10(13)9-2-5-14-7-9;/h2,5,7-8,11H,3-4,6H2,1H3;1H. The van der Waals surface area contributed by atoms with Crippen molar-refractivity contribution in [2.45, 2.75) is 13.0 Å². The number of nitrogens with one attached hydrogen (secondary N) is 1. The van der Waals surface area contributed by atoms with Gasteiger partial charge in [0.05, 0.1) is 5.56 Å². The summed E-state index contributed by atoms with van der Waals surface area (Å²) in [6, 6.07) is 2.19. The van der Waals surface area contributed by atoms with Crippen LogP contribution in [-0.4, -0.2) is 36.5 Å². The Morgan fingerprint density at radius 3 is 3.07 bits per heavy atom. The van der Waals surface area contributed by atoms with Crippen LogP contribution in [-0.2, 0) is 0 Å². The van der Waals surface area contributed by atoms with Crippen molar-refractivity contribution in [3.05, 3.63) is 22.4 Å². The molecule has 0 radical (unpaired) electrons. The number of halogens is 1. The van der Waals surface area contributed by atoms with E-state index in [1.807, 2.05) is 21.7 Å².